The van der Waals surface area contributed by atoms with Crippen LogP contribution in [0.4, 0.5) is 0 Å². The third kappa shape index (κ3) is 8.78. The summed E-state index contributed by atoms with van der Waals surface area (Å²) >= 11 is 0. The van der Waals surface area contributed by atoms with Crippen molar-refractivity contribution in [2.45, 2.75) is 38.1 Å². The summed E-state index contributed by atoms with van der Waals surface area (Å²) in [6.07, 6.45) is 2.16. The Labute approximate surface area is 124 Å². The molecule has 1 aromatic rings. The maximum atomic E-state index is 10.5. The SMILES string of the molecule is CC(C(=O)O)c1ccccc1.NCCCC[C@H](N)C(=O)O. The number of benzene rings is 1. The molecule has 0 radical (unpaired) electrons. The smallest absolute Gasteiger partial charge is 0.320 e. The molecule has 0 aliphatic rings. The minimum atomic E-state index is -0.933. The third-order valence-electron chi connectivity index (χ3n) is 2.96. The average Bonchev–Trinajstić information content (AvgIpc) is 2.48. The van der Waals surface area contributed by atoms with Crippen molar-refractivity contribution in [2.75, 3.05) is 6.54 Å². The first-order chi connectivity index (χ1) is 9.90. The molecule has 1 aromatic carbocycles. The van der Waals surface area contributed by atoms with Crippen molar-refractivity contribution in [3.05, 3.63) is 35.9 Å². The lowest BCUT2D eigenvalue weighted by molar-refractivity contribution is -0.139. The largest absolute Gasteiger partial charge is 0.481 e. The van der Waals surface area contributed by atoms with Crippen LogP contribution >= 0.6 is 0 Å². The summed E-state index contributed by atoms with van der Waals surface area (Å²) in [5.41, 5.74) is 11.3. The van der Waals surface area contributed by atoms with Gasteiger partial charge in [-0.2, -0.15) is 0 Å². The molecule has 0 saturated carbocycles. The third-order valence-corrected chi connectivity index (χ3v) is 2.96. The first-order valence-corrected chi connectivity index (χ1v) is 6.86. The molecule has 21 heavy (non-hydrogen) atoms. The van der Waals surface area contributed by atoms with Gasteiger partial charge in [0.2, 0.25) is 0 Å². The van der Waals surface area contributed by atoms with Gasteiger partial charge in [0.05, 0.1) is 5.92 Å². The van der Waals surface area contributed by atoms with E-state index in [1.54, 1.807) is 6.92 Å². The van der Waals surface area contributed by atoms with Gasteiger partial charge in [-0.1, -0.05) is 36.8 Å². The van der Waals surface area contributed by atoms with Gasteiger partial charge in [-0.15, -0.1) is 0 Å². The quantitative estimate of drug-likeness (QED) is 0.563. The first-order valence-electron chi connectivity index (χ1n) is 6.86. The molecule has 0 bridgehead atoms. The molecule has 0 fully saturated rings. The Kier molecular flexibility index (Phi) is 9.83. The second kappa shape index (κ2) is 10.8. The minimum absolute atomic E-state index is 0.406. The van der Waals surface area contributed by atoms with Crippen LogP contribution in [0.15, 0.2) is 30.3 Å². The predicted octanol–water partition coefficient (Wildman–Crippen LogP) is 1.40. The van der Waals surface area contributed by atoms with E-state index in [2.05, 4.69) is 0 Å². The molecule has 1 unspecified atom stereocenters. The molecule has 6 N–H and O–H groups in total. The number of hydrogen-bond donors (Lipinski definition) is 4. The van der Waals surface area contributed by atoms with Gasteiger partial charge in [-0.05, 0) is 31.9 Å². The van der Waals surface area contributed by atoms with Gasteiger partial charge in [0.25, 0.3) is 0 Å². The molecule has 0 aliphatic carbocycles. The van der Waals surface area contributed by atoms with E-state index in [4.69, 9.17) is 21.7 Å². The number of hydrogen-bond acceptors (Lipinski definition) is 4. The molecule has 0 aromatic heterocycles. The summed E-state index contributed by atoms with van der Waals surface area (Å²) in [4.78, 5) is 20.6. The molecule has 0 heterocycles. The standard InChI is InChI=1S/C9H10O2.C6H14N2O2/c1-7(9(10)11)8-5-3-2-4-6-8;7-4-2-1-3-5(8)6(9)10/h2-7H,1H3,(H,10,11);5H,1-4,7-8H2,(H,9,10)/t;5-/m.0/s1. The van der Waals surface area contributed by atoms with Crippen molar-refractivity contribution in [1.82, 2.24) is 0 Å². The van der Waals surface area contributed by atoms with E-state index in [0.29, 0.717) is 13.0 Å². The predicted molar refractivity (Wildman–Crippen MR) is 81.0 cm³/mol. The van der Waals surface area contributed by atoms with Gasteiger partial charge in [-0.25, -0.2) is 0 Å². The summed E-state index contributed by atoms with van der Waals surface area (Å²) in [5, 5.41) is 17.0. The molecule has 1 rings (SSSR count). The van der Waals surface area contributed by atoms with Gasteiger partial charge < -0.3 is 21.7 Å². The Balaban J connectivity index is 0.000000384. The van der Waals surface area contributed by atoms with Crippen molar-refractivity contribution < 1.29 is 19.8 Å². The van der Waals surface area contributed by atoms with Gasteiger partial charge >= 0.3 is 11.9 Å². The summed E-state index contributed by atoms with van der Waals surface area (Å²) in [7, 11) is 0. The zero-order valence-electron chi connectivity index (χ0n) is 12.2. The molecule has 0 spiro atoms. The van der Waals surface area contributed by atoms with Gasteiger partial charge in [0, 0.05) is 0 Å². The summed E-state index contributed by atoms with van der Waals surface area (Å²) in [6.45, 7) is 2.28. The fraction of sp³-hybridized carbons (Fsp3) is 0.467. The fourth-order valence-corrected chi connectivity index (χ4v) is 1.52. The lowest BCUT2D eigenvalue weighted by atomic mass is 10.0. The molecule has 118 valence electrons. The Morgan fingerprint density at radius 2 is 1.67 bits per heavy atom. The molecule has 0 aliphatic heterocycles. The molecule has 6 heteroatoms. The number of carboxylic acid groups (broad SMARTS) is 2. The summed E-state index contributed by atoms with van der Waals surface area (Å²) in [6, 6.07) is 8.48. The highest BCUT2D eigenvalue weighted by Gasteiger charge is 2.11. The topological polar surface area (TPSA) is 127 Å². The van der Waals surface area contributed by atoms with E-state index in [0.717, 1.165) is 18.4 Å². The minimum Gasteiger partial charge on any atom is -0.481 e. The normalized spacial score (nSPS) is 12.7. The number of rotatable bonds is 7. The zero-order valence-corrected chi connectivity index (χ0v) is 12.2. The van der Waals surface area contributed by atoms with E-state index in [1.807, 2.05) is 30.3 Å². The van der Waals surface area contributed by atoms with Crippen LogP contribution < -0.4 is 11.5 Å². The number of carboxylic acids is 2. The van der Waals surface area contributed by atoms with Gasteiger partial charge in [0.1, 0.15) is 6.04 Å². The van der Waals surface area contributed by atoms with Crippen molar-refractivity contribution >= 4 is 11.9 Å². The maximum absolute atomic E-state index is 10.5. The summed E-state index contributed by atoms with van der Waals surface area (Å²) in [5.74, 6) is -2.12. The second-order valence-corrected chi connectivity index (χ2v) is 4.70. The average molecular weight is 296 g/mol. The number of unbranched alkanes of at least 4 members (excludes halogenated alkanes) is 1. The molecular formula is C15H24N2O4. The zero-order chi connectivity index (χ0) is 16.3. The number of nitrogens with two attached hydrogens (primary N) is 2. The monoisotopic (exact) mass is 296 g/mol. The summed E-state index contributed by atoms with van der Waals surface area (Å²) < 4.78 is 0. The number of carbonyl (C=O) groups is 2. The van der Waals surface area contributed by atoms with Crippen molar-refractivity contribution in [2.24, 2.45) is 11.5 Å². The van der Waals surface area contributed by atoms with Crippen LogP contribution in [0.2, 0.25) is 0 Å². The van der Waals surface area contributed by atoms with Crippen molar-refractivity contribution in [3.63, 3.8) is 0 Å². The fourth-order valence-electron chi connectivity index (χ4n) is 1.52. The molecule has 0 amide bonds. The lowest BCUT2D eigenvalue weighted by Crippen LogP contribution is -2.29. The van der Waals surface area contributed by atoms with E-state index in [-0.39, 0.29) is 0 Å². The second-order valence-electron chi connectivity index (χ2n) is 4.70. The highest BCUT2D eigenvalue weighted by atomic mass is 16.4. The van der Waals surface area contributed by atoms with Gasteiger partial charge in [0.15, 0.2) is 0 Å². The molecule has 0 saturated heterocycles. The molecule has 2 atom stereocenters. The van der Waals surface area contributed by atoms with Crippen LogP contribution in [0.5, 0.6) is 0 Å². The highest BCUT2D eigenvalue weighted by molar-refractivity contribution is 5.75. The van der Waals surface area contributed by atoms with Crippen LogP contribution in [0, 0.1) is 0 Å². The lowest BCUT2D eigenvalue weighted by Gasteiger charge is -2.04. The highest BCUT2D eigenvalue weighted by Crippen LogP contribution is 2.13. The van der Waals surface area contributed by atoms with E-state index >= 15 is 0 Å². The first kappa shape index (κ1) is 19.1. The Morgan fingerprint density at radius 3 is 2.10 bits per heavy atom. The number of aliphatic carboxylic acids is 2. The van der Waals surface area contributed by atoms with Crippen LogP contribution in [-0.4, -0.2) is 34.7 Å². The van der Waals surface area contributed by atoms with E-state index in [9.17, 15) is 9.59 Å². The van der Waals surface area contributed by atoms with Crippen LogP contribution in [0.1, 0.15) is 37.7 Å². The van der Waals surface area contributed by atoms with Crippen LogP contribution in [0.3, 0.4) is 0 Å². The van der Waals surface area contributed by atoms with E-state index < -0.39 is 23.9 Å². The Morgan fingerprint density at radius 1 is 1.10 bits per heavy atom. The van der Waals surface area contributed by atoms with Crippen LogP contribution in [0.25, 0.3) is 0 Å². The molecular weight excluding hydrogens is 272 g/mol. The van der Waals surface area contributed by atoms with Crippen molar-refractivity contribution in [1.29, 1.82) is 0 Å². The maximum Gasteiger partial charge on any atom is 0.320 e. The Bertz CT molecular complexity index is 423. The van der Waals surface area contributed by atoms with Crippen molar-refractivity contribution in [3.8, 4) is 0 Å². The Hall–Kier alpha value is -1.92. The van der Waals surface area contributed by atoms with E-state index in [1.165, 1.54) is 0 Å². The van der Waals surface area contributed by atoms with Crippen LogP contribution in [-0.2, 0) is 9.59 Å². The molecule has 6 nitrogen and oxygen atoms in total. The van der Waals surface area contributed by atoms with Gasteiger partial charge in [-0.3, -0.25) is 9.59 Å².